The molecule has 9 heteroatoms. The molecule has 0 radical (unpaired) electrons. The zero-order valence-electron chi connectivity index (χ0n) is 15.0. The van der Waals surface area contributed by atoms with E-state index in [0.717, 1.165) is 0 Å². The maximum atomic E-state index is 12.5. The van der Waals surface area contributed by atoms with Crippen molar-refractivity contribution in [2.75, 3.05) is 14.2 Å². The monoisotopic (exact) mass is 410 g/mol. The van der Waals surface area contributed by atoms with Crippen molar-refractivity contribution in [3.8, 4) is 11.5 Å². The Labute approximate surface area is 162 Å². The van der Waals surface area contributed by atoms with Gasteiger partial charge in [0, 0.05) is 5.02 Å². The third kappa shape index (κ3) is 4.99. The molecule has 1 unspecified atom stereocenters. The fourth-order valence-electron chi connectivity index (χ4n) is 2.18. The summed E-state index contributed by atoms with van der Waals surface area (Å²) in [6.45, 7) is 1.29. The molecular weight excluding hydrogens is 392 g/mol. The number of carbonyl (C=O) groups excluding carboxylic acids is 1. The average Bonchev–Trinajstić information content (AvgIpc) is 2.67. The van der Waals surface area contributed by atoms with Gasteiger partial charge in [0.25, 0.3) is 5.91 Å². The van der Waals surface area contributed by atoms with Crippen LogP contribution < -0.4 is 14.9 Å². The van der Waals surface area contributed by atoms with Crippen LogP contribution in [-0.2, 0) is 14.6 Å². The highest BCUT2D eigenvalue weighted by molar-refractivity contribution is 7.92. The number of carbonyl (C=O) groups is 1. The van der Waals surface area contributed by atoms with E-state index in [-0.39, 0.29) is 9.92 Å². The number of methoxy groups -OCH3 is 2. The molecule has 0 aliphatic carbocycles. The molecule has 27 heavy (non-hydrogen) atoms. The summed E-state index contributed by atoms with van der Waals surface area (Å²) in [6.07, 6.45) is 1.37. The van der Waals surface area contributed by atoms with Crippen molar-refractivity contribution in [1.29, 1.82) is 0 Å². The lowest BCUT2D eigenvalue weighted by molar-refractivity contribution is -0.120. The fraction of sp³-hybridized carbons (Fsp3) is 0.222. The van der Waals surface area contributed by atoms with E-state index in [9.17, 15) is 13.2 Å². The van der Waals surface area contributed by atoms with E-state index in [1.165, 1.54) is 45.6 Å². The fourth-order valence-corrected chi connectivity index (χ4v) is 3.74. The van der Waals surface area contributed by atoms with Crippen LogP contribution in [0, 0.1) is 0 Å². The van der Waals surface area contributed by atoms with Gasteiger partial charge in [0.2, 0.25) is 0 Å². The number of sulfone groups is 1. The summed E-state index contributed by atoms with van der Waals surface area (Å²) in [4.78, 5) is 12.2. The van der Waals surface area contributed by atoms with Gasteiger partial charge in [-0.3, -0.25) is 4.79 Å². The van der Waals surface area contributed by atoms with Crippen molar-refractivity contribution >= 4 is 33.6 Å². The number of nitrogens with one attached hydrogen (secondary N) is 1. The number of amides is 1. The predicted molar refractivity (Wildman–Crippen MR) is 103 cm³/mol. The zero-order valence-corrected chi connectivity index (χ0v) is 16.5. The van der Waals surface area contributed by atoms with Crippen LogP contribution >= 0.6 is 11.6 Å². The Balaban J connectivity index is 2.09. The van der Waals surface area contributed by atoms with Gasteiger partial charge in [-0.25, -0.2) is 13.8 Å². The Morgan fingerprint density at radius 3 is 2.48 bits per heavy atom. The normalized spacial score (nSPS) is 12.6. The van der Waals surface area contributed by atoms with Crippen LogP contribution in [0.2, 0.25) is 5.02 Å². The molecule has 2 aromatic carbocycles. The molecule has 0 spiro atoms. The molecule has 144 valence electrons. The maximum Gasteiger partial charge on any atom is 0.258 e. The molecule has 1 amide bonds. The second-order valence-corrected chi connectivity index (χ2v) is 8.20. The minimum atomic E-state index is -3.88. The number of benzene rings is 2. The highest BCUT2D eigenvalue weighted by atomic mass is 35.5. The van der Waals surface area contributed by atoms with Gasteiger partial charge in [0.15, 0.2) is 21.3 Å². The van der Waals surface area contributed by atoms with Crippen LogP contribution in [-0.4, -0.2) is 40.0 Å². The van der Waals surface area contributed by atoms with Crippen LogP contribution in [0.15, 0.2) is 52.5 Å². The Kier molecular flexibility index (Phi) is 6.81. The topological polar surface area (TPSA) is 94.1 Å². The molecule has 0 heterocycles. The first kappa shape index (κ1) is 20.7. The van der Waals surface area contributed by atoms with Crippen molar-refractivity contribution in [2.24, 2.45) is 5.10 Å². The van der Waals surface area contributed by atoms with Crippen molar-refractivity contribution in [3.63, 3.8) is 0 Å². The van der Waals surface area contributed by atoms with Crippen molar-refractivity contribution in [3.05, 3.63) is 53.1 Å². The number of hydrogen-bond donors (Lipinski definition) is 1. The lowest BCUT2D eigenvalue weighted by Crippen LogP contribution is -2.35. The molecule has 0 saturated heterocycles. The summed E-state index contributed by atoms with van der Waals surface area (Å²) in [5.74, 6) is 0.302. The molecular formula is C18H19ClN2O5S. The SMILES string of the molecule is COc1ccc(C=NNC(=O)C(C)S(=O)(=O)c2cccc(Cl)c2)cc1OC. The van der Waals surface area contributed by atoms with Crippen molar-refractivity contribution in [2.45, 2.75) is 17.1 Å². The predicted octanol–water partition coefficient (Wildman–Crippen LogP) is 2.67. The Morgan fingerprint density at radius 1 is 1.15 bits per heavy atom. The molecule has 0 bridgehead atoms. The van der Waals surface area contributed by atoms with E-state index in [0.29, 0.717) is 17.1 Å². The van der Waals surface area contributed by atoms with E-state index < -0.39 is 21.0 Å². The summed E-state index contributed by atoms with van der Waals surface area (Å²) >= 11 is 5.83. The summed E-state index contributed by atoms with van der Waals surface area (Å²) in [5.41, 5.74) is 2.87. The smallest absolute Gasteiger partial charge is 0.258 e. The lowest BCUT2D eigenvalue weighted by atomic mass is 10.2. The summed E-state index contributed by atoms with van der Waals surface area (Å²) in [6, 6.07) is 10.8. The quantitative estimate of drug-likeness (QED) is 0.559. The van der Waals surface area contributed by atoms with Crippen LogP contribution in [0.1, 0.15) is 12.5 Å². The molecule has 0 aromatic heterocycles. The van der Waals surface area contributed by atoms with Crippen LogP contribution in [0.25, 0.3) is 0 Å². The van der Waals surface area contributed by atoms with E-state index >= 15 is 0 Å². The third-order valence-electron chi connectivity index (χ3n) is 3.76. The maximum absolute atomic E-state index is 12.5. The summed E-state index contributed by atoms with van der Waals surface area (Å²) in [7, 11) is -0.858. The minimum absolute atomic E-state index is 0.0264. The van der Waals surface area contributed by atoms with E-state index in [1.807, 2.05) is 0 Å². The largest absolute Gasteiger partial charge is 0.493 e. The van der Waals surface area contributed by atoms with Gasteiger partial charge < -0.3 is 9.47 Å². The summed E-state index contributed by atoms with van der Waals surface area (Å²) in [5, 5.41) is 2.75. The van der Waals surface area contributed by atoms with E-state index in [1.54, 1.807) is 24.3 Å². The highest BCUT2D eigenvalue weighted by Gasteiger charge is 2.29. The standard InChI is InChI=1S/C18H19ClN2O5S/c1-12(27(23,24)15-6-4-5-14(19)10-15)18(22)21-20-11-13-7-8-16(25-2)17(9-13)26-3/h4-12H,1-3H3,(H,21,22). The second kappa shape index (κ2) is 8.88. The molecule has 2 aromatic rings. The van der Waals surface area contributed by atoms with Crippen molar-refractivity contribution in [1.82, 2.24) is 5.43 Å². The summed E-state index contributed by atoms with van der Waals surface area (Å²) < 4.78 is 35.3. The Bertz CT molecular complexity index is 960. The number of nitrogens with zero attached hydrogens (tertiary/aromatic N) is 1. The van der Waals surface area contributed by atoms with Gasteiger partial charge in [0.1, 0.15) is 5.25 Å². The first-order chi connectivity index (χ1) is 12.8. The average molecular weight is 411 g/mol. The molecule has 1 atom stereocenters. The molecule has 0 aliphatic rings. The number of hydrazone groups is 1. The van der Waals surface area contributed by atoms with E-state index in [2.05, 4.69) is 10.5 Å². The first-order valence-corrected chi connectivity index (χ1v) is 9.76. The Morgan fingerprint density at radius 2 is 1.85 bits per heavy atom. The highest BCUT2D eigenvalue weighted by Crippen LogP contribution is 2.26. The van der Waals surface area contributed by atoms with Gasteiger partial charge in [-0.1, -0.05) is 17.7 Å². The van der Waals surface area contributed by atoms with Gasteiger partial charge in [-0.2, -0.15) is 5.10 Å². The van der Waals surface area contributed by atoms with Gasteiger partial charge in [-0.05, 0) is 48.9 Å². The number of ether oxygens (including phenoxy) is 2. The number of halogens is 1. The van der Waals surface area contributed by atoms with Gasteiger partial charge >= 0.3 is 0 Å². The molecule has 2 rings (SSSR count). The van der Waals surface area contributed by atoms with Crippen LogP contribution in [0.5, 0.6) is 11.5 Å². The third-order valence-corrected chi connectivity index (χ3v) is 6.05. The Hall–Kier alpha value is -2.58. The van der Waals surface area contributed by atoms with Crippen LogP contribution in [0.3, 0.4) is 0 Å². The number of rotatable bonds is 7. The second-order valence-electron chi connectivity index (χ2n) is 5.49. The number of hydrogen-bond acceptors (Lipinski definition) is 6. The molecule has 1 N–H and O–H groups in total. The van der Waals surface area contributed by atoms with Gasteiger partial charge in [-0.15, -0.1) is 0 Å². The molecule has 0 saturated carbocycles. The molecule has 0 fully saturated rings. The minimum Gasteiger partial charge on any atom is -0.493 e. The van der Waals surface area contributed by atoms with E-state index in [4.69, 9.17) is 21.1 Å². The zero-order chi connectivity index (χ0) is 20.0. The molecule has 0 aliphatic heterocycles. The van der Waals surface area contributed by atoms with Crippen LogP contribution in [0.4, 0.5) is 0 Å². The lowest BCUT2D eigenvalue weighted by Gasteiger charge is -2.11. The van der Waals surface area contributed by atoms with Gasteiger partial charge in [0.05, 0.1) is 25.3 Å². The first-order valence-electron chi connectivity index (χ1n) is 7.84. The molecule has 7 nitrogen and oxygen atoms in total. The van der Waals surface area contributed by atoms with Crippen molar-refractivity contribution < 1.29 is 22.7 Å².